The molecule has 0 bridgehead atoms. The van der Waals surface area contributed by atoms with E-state index in [0.29, 0.717) is 0 Å². The molecule has 0 heterocycles. The summed E-state index contributed by atoms with van der Waals surface area (Å²) >= 11 is 0. The molecule has 68 valence electrons. The second-order valence-electron chi connectivity index (χ2n) is 2.83. The predicted octanol–water partition coefficient (Wildman–Crippen LogP) is 2.56. The fourth-order valence-corrected chi connectivity index (χ4v) is 1.06. The monoisotopic (exact) mass is 173 g/mol. The van der Waals surface area contributed by atoms with Crippen molar-refractivity contribution in [1.29, 1.82) is 0 Å². The van der Waals surface area contributed by atoms with Gasteiger partial charge in [0.2, 0.25) is 0 Å². The number of benzene rings is 1. The molecule has 0 aliphatic heterocycles. The van der Waals surface area contributed by atoms with Crippen LogP contribution >= 0.6 is 0 Å². The van der Waals surface area contributed by atoms with Crippen molar-refractivity contribution in [3.63, 3.8) is 0 Å². The maximum Gasteiger partial charge on any atom is 0.0135 e. The zero-order valence-corrected chi connectivity index (χ0v) is 7.96. The molecule has 0 unspecified atom stereocenters. The average Bonchev–Trinajstić information content (AvgIpc) is 2.19. The highest BCUT2D eigenvalue weighted by molar-refractivity contribution is 5.54. The third-order valence-electron chi connectivity index (χ3n) is 1.80. The van der Waals surface area contributed by atoms with E-state index >= 15 is 0 Å². The lowest BCUT2D eigenvalue weighted by molar-refractivity contribution is 0.922. The van der Waals surface area contributed by atoms with Gasteiger partial charge in [0, 0.05) is 6.54 Å². The molecule has 0 radical (unpaired) electrons. The van der Waals surface area contributed by atoms with Gasteiger partial charge in [0.25, 0.3) is 0 Å². The molecule has 0 spiro atoms. The molecule has 0 aromatic heterocycles. The van der Waals surface area contributed by atoms with Crippen molar-refractivity contribution in [3.05, 3.63) is 48.0 Å². The van der Waals surface area contributed by atoms with E-state index in [0.717, 1.165) is 12.1 Å². The molecule has 0 aliphatic rings. The first kappa shape index (κ1) is 9.75. The lowest BCUT2D eigenvalue weighted by Gasteiger charge is -1.95. The maximum atomic E-state index is 3.71. The molecule has 0 saturated heterocycles. The Kier molecular flexibility index (Phi) is 4.00. The Morgan fingerprint density at radius 3 is 2.38 bits per heavy atom. The molecule has 0 atom stereocenters. The van der Waals surface area contributed by atoms with E-state index in [1.807, 2.05) is 13.1 Å². The van der Waals surface area contributed by atoms with Crippen LogP contribution in [0.2, 0.25) is 0 Å². The van der Waals surface area contributed by atoms with Gasteiger partial charge in [0.15, 0.2) is 0 Å². The van der Waals surface area contributed by atoms with Crippen LogP contribution < -0.4 is 5.32 Å². The molecular weight excluding hydrogens is 158 g/mol. The number of rotatable bonds is 4. The number of likely N-dealkylation sites (N-methyl/N-ethyl adjacent to an activating group) is 1. The van der Waals surface area contributed by atoms with E-state index < -0.39 is 0 Å². The minimum atomic E-state index is 0.906. The van der Waals surface area contributed by atoms with E-state index in [4.69, 9.17) is 0 Å². The summed E-state index contributed by atoms with van der Waals surface area (Å²) < 4.78 is 0. The van der Waals surface area contributed by atoms with Crippen molar-refractivity contribution >= 4 is 12.2 Å². The first-order valence-corrected chi connectivity index (χ1v) is 4.40. The van der Waals surface area contributed by atoms with Crippen LogP contribution in [-0.4, -0.2) is 13.6 Å². The summed E-state index contributed by atoms with van der Waals surface area (Å²) in [7, 11) is 1.94. The van der Waals surface area contributed by atoms with Gasteiger partial charge in [0.05, 0.1) is 0 Å². The van der Waals surface area contributed by atoms with Crippen LogP contribution in [0.3, 0.4) is 0 Å². The summed E-state index contributed by atoms with van der Waals surface area (Å²) in [5.41, 5.74) is 2.38. The van der Waals surface area contributed by atoms with Gasteiger partial charge in [-0.2, -0.15) is 0 Å². The Morgan fingerprint density at radius 1 is 1.23 bits per heavy atom. The van der Waals surface area contributed by atoms with E-state index in [1.165, 1.54) is 5.56 Å². The Hall–Kier alpha value is -1.34. The van der Waals surface area contributed by atoms with Gasteiger partial charge in [-0.15, -0.1) is 0 Å². The largest absolute Gasteiger partial charge is 0.316 e. The Morgan fingerprint density at radius 2 is 1.85 bits per heavy atom. The van der Waals surface area contributed by atoms with Crippen LogP contribution in [0.4, 0.5) is 0 Å². The molecule has 13 heavy (non-hydrogen) atoms. The zero-order valence-electron chi connectivity index (χ0n) is 7.96. The number of nitrogens with one attached hydrogen (secondary N) is 1. The van der Waals surface area contributed by atoms with Gasteiger partial charge in [-0.05, 0) is 18.2 Å². The summed E-state index contributed by atoms with van der Waals surface area (Å²) in [6.07, 6.45) is 6.05. The molecule has 1 aromatic rings. The van der Waals surface area contributed by atoms with Crippen molar-refractivity contribution in [1.82, 2.24) is 5.32 Å². The maximum absolute atomic E-state index is 3.71. The minimum Gasteiger partial charge on any atom is -0.316 e. The Bertz CT molecular complexity index is 282. The summed E-state index contributed by atoms with van der Waals surface area (Å²) in [4.78, 5) is 0. The average molecular weight is 173 g/mol. The van der Waals surface area contributed by atoms with E-state index in [2.05, 4.69) is 48.3 Å². The van der Waals surface area contributed by atoms with E-state index in [-0.39, 0.29) is 0 Å². The smallest absolute Gasteiger partial charge is 0.0135 e. The molecule has 1 rings (SSSR count). The first-order chi connectivity index (χ1) is 6.36. The number of hydrogen-bond acceptors (Lipinski definition) is 1. The quantitative estimate of drug-likeness (QED) is 0.738. The summed E-state index contributed by atoms with van der Waals surface area (Å²) in [6.45, 7) is 4.61. The van der Waals surface area contributed by atoms with Crippen LogP contribution in [-0.2, 0) is 0 Å². The standard InChI is InChI=1S/C12H15N/c1-3-11-6-8-12(9-7-11)5-4-10-13-2/h3-9,13H,1,10H2,2H3. The summed E-state index contributed by atoms with van der Waals surface area (Å²) in [5, 5.41) is 3.06. The second-order valence-corrected chi connectivity index (χ2v) is 2.83. The van der Waals surface area contributed by atoms with E-state index in [9.17, 15) is 0 Å². The molecule has 1 heteroatoms. The van der Waals surface area contributed by atoms with Gasteiger partial charge in [-0.25, -0.2) is 0 Å². The van der Waals surface area contributed by atoms with Crippen LogP contribution in [0.1, 0.15) is 11.1 Å². The highest BCUT2D eigenvalue weighted by Crippen LogP contribution is 2.06. The Balaban J connectivity index is 2.63. The lowest BCUT2D eigenvalue weighted by atomic mass is 10.1. The molecule has 1 N–H and O–H groups in total. The van der Waals surface area contributed by atoms with Crippen molar-refractivity contribution in [2.45, 2.75) is 0 Å². The zero-order chi connectivity index (χ0) is 9.52. The molecule has 0 amide bonds. The van der Waals surface area contributed by atoms with Gasteiger partial charge in [-0.3, -0.25) is 0 Å². The highest BCUT2D eigenvalue weighted by atomic mass is 14.8. The van der Waals surface area contributed by atoms with Gasteiger partial charge in [-0.1, -0.05) is 49.1 Å². The molecule has 0 saturated carbocycles. The fraction of sp³-hybridized carbons (Fsp3) is 0.167. The molecule has 1 aromatic carbocycles. The van der Waals surface area contributed by atoms with Crippen molar-refractivity contribution < 1.29 is 0 Å². The lowest BCUT2D eigenvalue weighted by Crippen LogP contribution is -2.03. The molecule has 0 fully saturated rings. The van der Waals surface area contributed by atoms with E-state index in [1.54, 1.807) is 0 Å². The summed E-state index contributed by atoms with van der Waals surface area (Å²) in [5.74, 6) is 0. The highest BCUT2D eigenvalue weighted by Gasteiger charge is 1.86. The van der Waals surface area contributed by atoms with Gasteiger partial charge in [0.1, 0.15) is 0 Å². The number of hydrogen-bond donors (Lipinski definition) is 1. The minimum absolute atomic E-state index is 0.906. The Labute approximate surface area is 79.8 Å². The topological polar surface area (TPSA) is 12.0 Å². The van der Waals surface area contributed by atoms with Crippen molar-refractivity contribution in [3.8, 4) is 0 Å². The molecule has 1 nitrogen and oxygen atoms in total. The third-order valence-corrected chi connectivity index (χ3v) is 1.80. The van der Waals surface area contributed by atoms with Crippen LogP contribution in [0.5, 0.6) is 0 Å². The van der Waals surface area contributed by atoms with Crippen LogP contribution in [0.15, 0.2) is 36.9 Å². The summed E-state index contributed by atoms with van der Waals surface area (Å²) in [6, 6.07) is 8.30. The van der Waals surface area contributed by atoms with Crippen molar-refractivity contribution in [2.75, 3.05) is 13.6 Å². The fourth-order valence-electron chi connectivity index (χ4n) is 1.06. The van der Waals surface area contributed by atoms with Gasteiger partial charge < -0.3 is 5.32 Å². The normalized spacial score (nSPS) is 10.5. The molecular formula is C12H15N. The first-order valence-electron chi connectivity index (χ1n) is 4.40. The van der Waals surface area contributed by atoms with Crippen LogP contribution in [0.25, 0.3) is 12.2 Å². The predicted molar refractivity (Wildman–Crippen MR) is 59.5 cm³/mol. The van der Waals surface area contributed by atoms with Crippen LogP contribution in [0, 0.1) is 0 Å². The second kappa shape index (κ2) is 5.33. The molecule has 0 aliphatic carbocycles. The van der Waals surface area contributed by atoms with Gasteiger partial charge >= 0.3 is 0 Å². The van der Waals surface area contributed by atoms with Crippen molar-refractivity contribution in [2.24, 2.45) is 0 Å². The third kappa shape index (κ3) is 3.26. The SMILES string of the molecule is C=Cc1ccc(C=CCNC)cc1.